The van der Waals surface area contributed by atoms with E-state index in [1.807, 2.05) is 0 Å². The van der Waals surface area contributed by atoms with Crippen molar-refractivity contribution in [2.24, 2.45) is 10.8 Å². The largest absolute Gasteiger partial charge is 0.380 e. The Kier molecular flexibility index (Phi) is 2.36. The molecule has 3 atom stereocenters. The molecule has 0 amide bonds. The highest BCUT2D eigenvalue weighted by molar-refractivity contribution is 5.20. The molecule has 3 aliphatic heterocycles. The first kappa shape index (κ1) is 12.6. The average Bonchev–Trinajstić information content (AvgIpc) is 2.72. The van der Waals surface area contributed by atoms with Crippen LogP contribution in [0, 0.1) is 10.8 Å². The smallest absolute Gasteiger partial charge is 0.0569 e. The number of likely N-dealkylation sites (tertiary alicyclic amines) is 2. The van der Waals surface area contributed by atoms with E-state index in [4.69, 9.17) is 4.74 Å². The van der Waals surface area contributed by atoms with E-state index in [9.17, 15) is 0 Å². The Balaban J connectivity index is 1.39. The summed E-state index contributed by atoms with van der Waals surface area (Å²) in [5.74, 6) is 0. The number of rotatable bonds is 2. The Morgan fingerprint density at radius 2 is 1.84 bits per heavy atom. The van der Waals surface area contributed by atoms with Gasteiger partial charge in [-0.2, -0.15) is 0 Å². The number of fused-ring (bicyclic) bond motifs is 1. The van der Waals surface area contributed by atoms with Crippen molar-refractivity contribution in [3.8, 4) is 0 Å². The van der Waals surface area contributed by atoms with Crippen molar-refractivity contribution in [1.29, 1.82) is 0 Å². The van der Waals surface area contributed by atoms with Gasteiger partial charge in [0.25, 0.3) is 0 Å². The summed E-state index contributed by atoms with van der Waals surface area (Å²) in [6.07, 6.45) is 2.85. The van der Waals surface area contributed by atoms with Gasteiger partial charge < -0.3 is 9.64 Å². The second-order valence-electron chi connectivity index (χ2n) is 8.85. The molecule has 0 radical (unpaired) electrons. The number of piperidine rings is 1. The quantitative estimate of drug-likeness (QED) is 0.758. The molecule has 3 heteroatoms. The maximum atomic E-state index is 5.38. The molecule has 1 spiro atoms. The fourth-order valence-electron chi connectivity index (χ4n) is 5.33. The van der Waals surface area contributed by atoms with Crippen molar-refractivity contribution in [2.75, 3.05) is 32.8 Å². The minimum atomic E-state index is 0.334. The number of hydrogen-bond acceptors (Lipinski definition) is 3. The maximum Gasteiger partial charge on any atom is 0.0569 e. The fourth-order valence-corrected chi connectivity index (χ4v) is 5.33. The molecule has 0 N–H and O–H groups in total. The molecule has 0 bridgehead atoms. The molecule has 0 aromatic rings. The van der Waals surface area contributed by atoms with Crippen molar-refractivity contribution >= 4 is 0 Å². The minimum absolute atomic E-state index is 0.334. The van der Waals surface area contributed by atoms with Gasteiger partial charge in [-0.1, -0.05) is 0 Å². The molecule has 3 nitrogen and oxygen atoms in total. The monoisotopic (exact) mass is 264 g/mol. The molecular formula is C16H28N2O. The highest BCUT2D eigenvalue weighted by Crippen LogP contribution is 2.62. The first-order chi connectivity index (χ1) is 8.84. The summed E-state index contributed by atoms with van der Waals surface area (Å²) in [6.45, 7) is 15.5. The van der Waals surface area contributed by atoms with Crippen LogP contribution in [0.1, 0.15) is 40.5 Å². The van der Waals surface area contributed by atoms with E-state index < -0.39 is 0 Å². The van der Waals surface area contributed by atoms with E-state index in [0.717, 1.165) is 25.3 Å². The van der Waals surface area contributed by atoms with Gasteiger partial charge in [0.2, 0.25) is 0 Å². The third kappa shape index (κ3) is 1.74. The number of ether oxygens (including phenoxy) is 1. The van der Waals surface area contributed by atoms with Crippen LogP contribution in [0.4, 0.5) is 0 Å². The standard InChI is InChI=1S/C16H28N2O/c1-12-5-16(6-13(16)18(12)14(2,3)4)9-17-7-15(8-17)10-19-11-15/h12-13H,5-11H2,1-4H3/t12?,13-,16+/m1/s1. The fraction of sp³-hybridized carbons (Fsp3) is 1.00. The SMILES string of the molecule is CC1C[C@@]2(CN3CC4(COC4)C3)C[C@H]2N1C(C)(C)C. The molecule has 108 valence electrons. The molecule has 4 fully saturated rings. The van der Waals surface area contributed by atoms with E-state index in [2.05, 4.69) is 37.5 Å². The third-order valence-electron chi connectivity index (χ3n) is 5.91. The van der Waals surface area contributed by atoms with Crippen molar-refractivity contribution in [3.63, 3.8) is 0 Å². The zero-order chi connectivity index (χ0) is 13.5. The molecule has 4 aliphatic rings. The van der Waals surface area contributed by atoms with Gasteiger partial charge in [0, 0.05) is 48.1 Å². The third-order valence-corrected chi connectivity index (χ3v) is 5.91. The summed E-state index contributed by atoms with van der Waals surface area (Å²) in [6, 6.07) is 1.62. The average molecular weight is 264 g/mol. The van der Waals surface area contributed by atoms with Gasteiger partial charge in [0.1, 0.15) is 0 Å². The van der Waals surface area contributed by atoms with Crippen LogP contribution in [0.5, 0.6) is 0 Å². The van der Waals surface area contributed by atoms with Gasteiger partial charge in [-0.05, 0) is 40.5 Å². The molecule has 4 rings (SSSR count). The lowest BCUT2D eigenvalue weighted by atomic mass is 9.77. The first-order valence-corrected chi connectivity index (χ1v) is 7.92. The van der Waals surface area contributed by atoms with Crippen LogP contribution in [0.25, 0.3) is 0 Å². The lowest BCUT2D eigenvalue weighted by molar-refractivity contribution is -0.191. The number of nitrogens with zero attached hydrogens (tertiary/aromatic N) is 2. The molecule has 1 aliphatic carbocycles. The van der Waals surface area contributed by atoms with Crippen LogP contribution in [0.3, 0.4) is 0 Å². The van der Waals surface area contributed by atoms with Crippen LogP contribution in [0.2, 0.25) is 0 Å². The summed E-state index contributed by atoms with van der Waals surface area (Å²) >= 11 is 0. The van der Waals surface area contributed by atoms with Gasteiger partial charge >= 0.3 is 0 Å². The second kappa shape index (κ2) is 3.55. The molecule has 0 aromatic heterocycles. The lowest BCUT2D eigenvalue weighted by Gasteiger charge is -2.56. The summed E-state index contributed by atoms with van der Waals surface area (Å²) in [5, 5.41) is 0. The van der Waals surface area contributed by atoms with E-state index in [1.165, 1.54) is 32.5 Å². The zero-order valence-electron chi connectivity index (χ0n) is 12.9. The molecule has 0 aromatic carbocycles. The van der Waals surface area contributed by atoms with Gasteiger partial charge in [0.05, 0.1) is 13.2 Å². The topological polar surface area (TPSA) is 15.7 Å². The molecule has 3 heterocycles. The second-order valence-corrected chi connectivity index (χ2v) is 8.85. The lowest BCUT2D eigenvalue weighted by Crippen LogP contribution is -2.66. The van der Waals surface area contributed by atoms with E-state index in [-0.39, 0.29) is 0 Å². The Morgan fingerprint density at radius 3 is 2.32 bits per heavy atom. The van der Waals surface area contributed by atoms with E-state index in [0.29, 0.717) is 16.4 Å². The van der Waals surface area contributed by atoms with Crippen LogP contribution < -0.4 is 0 Å². The van der Waals surface area contributed by atoms with Crippen LogP contribution in [0.15, 0.2) is 0 Å². The number of hydrogen-bond donors (Lipinski definition) is 0. The Bertz CT molecular complexity index is 390. The molecule has 1 saturated carbocycles. The summed E-state index contributed by atoms with van der Waals surface area (Å²) < 4.78 is 5.38. The first-order valence-electron chi connectivity index (χ1n) is 7.92. The van der Waals surface area contributed by atoms with Gasteiger partial charge in [-0.15, -0.1) is 0 Å². The summed E-state index contributed by atoms with van der Waals surface area (Å²) in [4.78, 5) is 5.48. The highest BCUT2D eigenvalue weighted by Gasteiger charge is 2.66. The van der Waals surface area contributed by atoms with Crippen LogP contribution in [-0.4, -0.2) is 60.3 Å². The molecular weight excluding hydrogens is 236 g/mol. The van der Waals surface area contributed by atoms with Crippen molar-refractivity contribution in [3.05, 3.63) is 0 Å². The normalized spacial score (nSPS) is 44.8. The summed E-state index contributed by atoms with van der Waals surface area (Å²) in [7, 11) is 0. The van der Waals surface area contributed by atoms with Gasteiger partial charge in [-0.3, -0.25) is 4.90 Å². The van der Waals surface area contributed by atoms with Crippen LogP contribution in [-0.2, 0) is 4.74 Å². The van der Waals surface area contributed by atoms with Crippen molar-refractivity contribution in [2.45, 2.75) is 58.2 Å². The predicted molar refractivity (Wildman–Crippen MR) is 76.2 cm³/mol. The molecule has 19 heavy (non-hydrogen) atoms. The summed E-state index contributed by atoms with van der Waals surface area (Å²) in [5.41, 5.74) is 1.55. The maximum absolute atomic E-state index is 5.38. The van der Waals surface area contributed by atoms with E-state index >= 15 is 0 Å². The van der Waals surface area contributed by atoms with Crippen LogP contribution >= 0.6 is 0 Å². The Morgan fingerprint density at radius 1 is 1.16 bits per heavy atom. The molecule has 3 saturated heterocycles. The minimum Gasteiger partial charge on any atom is -0.380 e. The van der Waals surface area contributed by atoms with Gasteiger partial charge in [0.15, 0.2) is 0 Å². The Hall–Kier alpha value is -0.120. The Labute approximate surface area is 117 Å². The molecule has 1 unspecified atom stereocenters. The van der Waals surface area contributed by atoms with E-state index in [1.54, 1.807) is 0 Å². The predicted octanol–water partition coefficient (Wildman–Crippen LogP) is 1.97. The zero-order valence-corrected chi connectivity index (χ0v) is 12.9. The highest BCUT2D eigenvalue weighted by atomic mass is 16.5. The van der Waals surface area contributed by atoms with Gasteiger partial charge in [-0.25, -0.2) is 0 Å². The van der Waals surface area contributed by atoms with Crippen molar-refractivity contribution in [1.82, 2.24) is 9.80 Å². The van der Waals surface area contributed by atoms with Crippen molar-refractivity contribution < 1.29 is 4.74 Å².